The zero-order valence-electron chi connectivity index (χ0n) is 8.13. The van der Waals surface area contributed by atoms with Crippen molar-refractivity contribution < 1.29 is 10.2 Å². The first-order valence-corrected chi connectivity index (χ1v) is 5.18. The van der Waals surface area contributed by atoms with E-state index in [4.69, 9.17) is 0 Å². The molecule has 1 aliphatic carbocycles. The lowest BCUT2D eigenvalue weighted by Crippen LogP contribution is -2.32. The van der Waals surface area contributed by atoms with E-state index in [1.807, 2.05) is 18.2 Å². The first-order valence-electron chi connectivity index (χ1n) is 5.18. The molecule has 1 aromatic rings. The van der Waals surface area contributed by atoms with Crippen LogP contribution in [0.5, 0.6) is 0 Å². The van der Waals surface area contributed by atoms with Crippen LogP contribution in [0.4, 0.5) is 0 Å². The molecule has 14 heavy (non-hydrogen) atoms. The fraction of sp³-hybridized carbons (Fsp3) is 0.500. The molecule has 2 heteroatoms. The molecule has 2 nitrogen and oxygen atoms in total. The Bertz CT molecular complexity index is 284. The predicted molar refractivity (Wildman–Crippen MR) is 55.0 cm³/mol. The zero-order chi connectivity index (χ0) is 9.97. The molecule has 0 amide bonds. The van der Waals surface area contributed by atoms with Gasteiger partial charge in [0.15, 0.2) is 0 Å². The summed E-state index contributed by atoms with van der Waals surface area (Å²) in [4.78, 5) is 0. The Labute approximate surface area is 84.2 Å². The summed E-state index contributed by atoms with van der Waals surface area (Å²) < 4.78 is 0. The fourth-order valence-electron chi connectivity index (χ4n) is 2.16. The van der Waals surface area contributed by atoms with Gasteiger partial charge in [0.25, 0.3) is 0 Å². The largest absolute Gasteiger partial charge is 0.390 e. The van der Waals surface area contributed by atoms with Crippen molar-refractivity contribution in [2.45, 2.75) is 37.4 Å². The molecule has 0 heterocycles. The summed E-state index contributed by atoms with van der Waals surface area (Å²) in [6, 6.07) is 10.2. The van der Waals surface area contributed by atoms with Gasteiger partial charge >= 0.3 is 0 Å². The Kier molecular flexibility index (Phi) is 2.85. The van der Waals surface area contributed by atoms with E-state index in [0.717, 1.165) is 6.42 Å². The second kappa shape index (κ2) is 4.11. The van der Waals surface area contributed by atoms with Crippen molar-refractivity contribution in [2.24, 2.45) is 0 Å². The predicted octanol–water partition coefficient (Wildman–Crippen LogP) is 1.68. The number of hydrogen-bond donors (Lipinski definition) is 2. The second-order valence-electron chi connectivity index (χ2n) is 4.06. The molecule has 1 aliphatic rings. The summed E-state index contributed by atoms with van der Waals surface area (Å²) >= 11 is 0. The van der Waals surface area contributed by atoms with Crippen molar-refractivity contribution >= 4 is 0 Å². The van der Waals surface area contributed by atoms with Crippen LogP contribution in [0.3, 0.4) is 0 Å². The van der Waals surface area contributed by atoms with Crippen molar-refractivity contribution in [3.63, 3.8) is 0 Å². The van der Waals surface area contributed by atoms with Crippen LogP contribution in [-0.2, 0) is 0 Å². The monoisotopic (exact) mass is 192 g/mol. The van der Waals surface area contributed by atoms with Crippen LogP contribution in [0, 0.1) is 0 Å². The maximum absolute atomic E-state index is 9.56. The van der Waals surface area contributed by atoms with Gasteiger partial charge in [-0.3, -0.25) is 0 Å². The summed E-state index contributed by atoms with van der Waals surface area (Å²) in [6.45, 7) is 0. The van der Waals surface area contributed by atoms with E-state index in [9.17, 15) is 10.2 Å². The molecule has 1 fully saturated rings. The third-order valence-electron chi connectivity index (χ3n) is 3.05. The van der Waals surface area contributed by atoms with Gasteiger partial charge < -0.3 is 10.2 Å². The highest BCUT2D eigenvalue weighted by Gasteiger charge is 2.27. The van der Waals surface area contributed by atoms with Gasteiger partial charge in [0.05, 0.1) is 12.2 Å². The normalized spacial score (nSPS) is 32.9. The van der Waals surface area contributed by atoms with Crippen LogP contribution >= 0.6 is 0 Å². The molecule has 1 aromatic carbocycles. The Hall–Kier alpha value is -0.860. The first-order chi connectivity index (χ1) is 6.77. The number of aliphatic hydroxyl groups excluding tert-OH is 2. The van der Waals surface area contributed by atoms with Crippen LogP contribution < -0.4 is 0 Å². The molecule has 0 aromatic heterocycles. The Morgan fingerprint density at radius 3 is 2.29 bits per heavy atom. The highest BCUT2D eigenvalue weighted by atomic mass is 16.3. The summed E-state index contributed by atoms with van der Waals surface area (Å²) in [5.41, 5.74) is 1.28. The molecule has 2 rings (SSSR count). The molecule has 2 N–H and O–H groups in total. The Balaban J connectivity index is 2.07. The molecule has 0 spiro atoms. The van der Waals surface area contributed by atoms with Gasteiger partial charge in [0.2, 0.25) is 0 Å². The summed E-state index contributed by atoms with van der Waals surface area (Å²) in [5.74, 6) is 0.412. The number of aliphatic hydroxyl groups is 2. The minimum Gasteiger partial charge on any atom is -0.390 e. The molecule has 76 valence electrons. The molecule has 3 atom stereocenters. The highest BCUT2D eigenvalue weighted by molar-refractivity contribution is 5.20. The Morgan fingerprint density at radius 2 is 1.64 bits per heavy atom. The third-order valence-corrected chi connectivity index (χ3v) is 3.05. The van der Waals surface area contributed by atoms with Crippen LogP contribution in [0.25, 0.3) is 0 Å². The lowest BCUT2D eigenvalue weighted by molar-refractivity contribution is -0.0149. The van der Waals surface area contributed by atoms with E-state index in [-0.39, 0.29) is 0 Å². The molecule has 1 saturated carbocycles. The standard InChI is InChI=1S/C12H16O2/c13-11-7-6-10(8-12(11)14)9-4-2-1-3-5-9/h1-5,10-14H,6-8H2. The summed E-state index contributed by atoms with van der Waals surface area (Å²) in [5, 5.41) is 19.0. The van der Waals surface area contributed by atoms with Gasteiger partial charge in [-0.25, -0.2) is 0 Å². The van der Waals surface area contributed by atoms with Gasteiger partial charge in [-0.05, 0) is 30.7 Å². The van der Waals surface area contributed by atoms with Crippen LogP contribution in [0.1, 0.15) is 30.7 Å². The lowest BCUT2D eigenvalue weighted by atomic mass is 9.81. The number of benzene rings is 1. The average Bonchev–Trinajstić information content (AvgIpc) is 2.23. The number of hydrogen-bond acceptors (Lipinski definition) is 2. The van der Waals surface area contributed by atoms with E-state index < -0.39 is 12.2 Å². The minimum absolute atomic E-state index is 0.412. The summed E-state index contributed by atoms with van der Waals surface area (Å²) in [6.07, 6.45) is 1.30. The van der Waals surface area contributed by atoms with Crippen LogP contribution in [0.15, 0.2) is 30.3 Å². The van der Waals surface area contributed by atoms with E-state index in [1.54, 1.807) is 0 Å². The topological polar surface area (TPSA) is 40.5 Å². The van der Waals surface area contributed by atoms with Gasteiger partial charge in [-0.1, -0.05) is 30.3 Å². The van der Waals surface area contributed by atoms with Crippen LogP contribution in [0.2, 0.25) is 0 Å². The third kappa shape index (κ3) is 1.97. The van der Waals surface area contributed by atoms with Crippen molar-refractivity contribution in [3.05, 3.63) is 35.9 Å². The van der Waals surface area contributed by atoms with Crippen LogP contribution in [-0.4, -0.2) is 22.4 Å². The molecule has 0 saturated heterocycles. The lowest BCUT2D eigenvalue weighted by Gasteiger charge is -2.30. The maximum Gasteiger partial charge on any atom is 0.0804 e. The van der Waals surface area contributed by atoms with Crippen molar-refractivity contribution in [2.75, 3.05) is 0 Å². The van der Waals surface area contributed by atoms with Gasteiger partial charge in [-0.2, -0.15) is 0 Å². The van der Waals surface area contributed by atoms with Gasteiger partial charge in [0, 0.05) is 0 Å². The van der Waals surface area contributed by atoms with E-state index in [2.05, 4.69) is 12.1 Å². The SMILES string of the molecule is OC1CCC(c2ccccc2)CC1O. The smallest absolute Gasteiger partial charge is 0.0804 e. The van der Waals surface area contributed by atoms with E-state index >= 15 is 0 Å². The molecule has 3 unspecified atom stereocenters. The molecular formula is C12H16O2. The minimum atomic E-state index is -0.547. The quantitative estimate of drug-likeness (QED) is 0.710. The molecular weight excluding hydrogens is 176 g/mol. The maximum atomic E-state index is 9.56. The summed E-state index contributed by atoms with van der Waals surface area (Å²) in [7, 11) is 0. The van der Waals surface area contributed by atoms with Gasteiger partial charge in [-0.15, -0.1) is 0 Å². The Morgan fingerprint density at radius 1 is 0.929 bits per heavy atom. The van der Waals surface area contributed by atoms with E-state index in [1.165, 1.54) is 5.56 Å². The first kappa shape index (κ1) is 9.69. The molecule has 0 aliphatic heterocycles. The van der Waals surface area contributed by atoms with Crippen molar-refractivity contribution in [3.8, 4) is 0 Å². The van der Waals surface area contributed by atoms with Crippen molar-refractivity contribution in [1.29, 1.82) is 0 Å². The fourth-order valence-corrected chi connectivity index (χ4v) is 2.16. The zero-order valence-corrected chi connectivity index (χ0v) is 8.13. The highest BCUT2D eigenvalue weighted by Crippen LogP contribution is 2.32. The van der Waals surface area contributed by atoms with Crippen molar-refractivity contribution in [1.82, 2.24) is 0 Å². The van der Waals surface area contributed by atoms with E-state index in [0.29, 0.717) is 18.8 Å². The molecule has 0 radical (unpaired) electrons. The van der Waals surface area contributed by atoms with Gasteiger partial charge in [0.1, 0.15) is 0 Å². The number of rotatable bonds is 1. The molecule has 0 bridgehead atoms. The average molecular weight is 192 g/mol. The second-order valence-corrected chi connectivity index (χ2v) is 4.06.